The largest absolute Gasteiger partial charge is 0.310 e. The zero-order valence-corrected chi connectivity index (χ0v) is 18.1. The van der Waals surface area contributed by atoms with Gasteiger partial charge in [0.2, 0.25) is 0 Å². The zero-order chi connectivity index (χ0) is 20.9. The topological polar surface area (TPSA) is 3.24 Å². The lowest BCUT2D eigenvalue weighted by Crippen LogP contribution is -2.16. The van der Waals surface area contributed by atoms with Gasteiger partial charge in [-0.3, -0.25) is 0 Å². The summed E-state index contributed by atoms with van der Waals surface area (Å²) >= 11 is 0. The van der Waals surface area contributed by atoms with Gasteiger partial charge in [0.15, 0.2) is 0 Å². The monoisotopic (exact) mass is 405 g/mol. The van der Waals surface area contributed by atoms with Crippen LogP contribution in [0.4, 0.5) is 17.1 Å². The molecule has 0 aliphatic heterocycles. The van der Waals surface area contributed by atoms with E-state index in [1.165, 1.54) is 50.4 Å². The maximum absolute atomic E-state index is 2.38. The molecule has 0 amide bonds. The predicted octanol–water partition coefficient (Wildman–Crippen LogP) is 8.72. The van der Waals surface area contributed by atoms with Gasteiger partial charge >= 0.3 is 0 Å². The number of aryl methyl sites for hydroxylation is 2. The molecule has 0 fully saturated rings. The predicted molar refractivity (Wildman–Crippen MR) is 135 cm³/mol. The summed E-state index contributed by atoms with van der Waals surface area (Å²) in [5.41, 5.74) is 11.6. The molecule has 4 aromatic carbocycles. The van der Waals surface area contributed by atoms with E-state index in [2.05, 4.69) is 124 Å². The van der Waals surface area contributed by atoms with Crippen LogP contribution in [0.2, 0.25) is 0 Å². The summed E-state index contributed by atoms with van der Waals surface area (Å²) in [7, 11) is 0. The lowest BCUT2D eigenvalue weighted by molar-refractivity contribution is 0.660. The number of rotatable bonds is 3. The van der Waals surface area contributed by atoms with Crippen LogP contribution < -0.4 is 4.90 Å². The van der Waals surface area contributed by atoms with E-state index in [0.717, 1.165) is 0 Å². The number of anilines is 3. The van der Waals surface area contributed by atoms with Crippen LogP contribution in [-0.4, -0.2) is 0 Å². The summed E-state index contributed by atoms with van der Waals surface area (Å²) in [6, 6.07) is 33.3. The molecule has 4 aromatic rings. The van der Waals surface area contributed by atoms with E-state index >= 15 is 0 Å². The van der Waals surface area contributed by atoms with Crippen molar-refractivity contribution in [1.29, 1.82) is 0 Å². The second kappa shape index (κ2) is 7.74. The third kappa shape index (κ3) is 3.45. The Hall–Kier alpha value is -3.32. The molecule has 0 atom stereocenters. The molecule has 0 aromatic heterocycles. The SMILES string of the molecule is C.Cc1ccc(N(c2ccc(C)cc2)c2ccc3c(c2)C(C)(C)c2ccccc2-3)cc1. The Morgan fingerprint density at radius 3 is 1.61 bits per heavy atom. The number of nitrogens with zero attached hydrogens (tertiary/aromatic N) is 1. The van der Waals surface area contributed by atoms with Gasteiger partial charge < -0.3 is 4.90 Å². The molecule has 1 aliphatic carbocycles. The smallest absolute Gasteiger partial charge is 0.0465 e. The van der Waals surface area contributed by atoms with Gasteiger partial charge in [0.25, 0.3) is 0 Å². The third-order valence-corrected chi connectivity index (χ3v) is 6.41. The minimum Gasteiger partial charge on any atom is -0.310 e. The number of hydrogen-bond acceptors (Lipinski definition) is 1. The van der Waals surface area contributed by atoms with Crippen LogP contribution in [0.25, 0.3) is 11.1 Å². The standard InChI is InChI=1S/C29H27N.CH4/c1-20-9-13-22(14-10-20)30(23-15-11-21(2)12-16-23)24-17-18-26-25-7-5-6-8-27(25)29(3,4)28(26)19-24;/h5-19H,1-4H3;1H4. The van der Waals surface area contributed by atoms with E-state index < -0.39 is 0 Å². The summed E-state index contributed by atoms with van der Waals surface area (Å²) < 4.78 is 0. The molecule has 0 saturated heterocycles. The van der Waals surface area contributed by atoms with E-state index in [1.807, 2.05) is 0 Å². The van der Waals surface area contributed by atoms with Crippen molar-refractivity contribution < 1.29 is 0 Å². The first kappa shape index (κ1) is 20.9. The highest BCUT2D eigenvalue weighted by Gasteiger charge is 2.35. The molecule has 0 unspecified atom stereocenters. The molecule has 1 heteroatoms. The van der Waals surface area contributed by atoms with Crippen LogP contribution >= 0.6 is 0 Å². The molecular formula is C30H31N. The van der Waals surface area contributed by atoms with E-state index in [9.17, 15) is 0 Å². The van der Waals surface area contributed by atoms with Gasteiger partial charge in [0.1, 0.15) is 0 Å². The average molecular weight is 406 g/mol. The minimum absolute atomic E-state index is 0. The first-order valence-corrected chi connectivity index (χ1v) is 10.6. The lowest BCUT2D eigenvalue weighted by atomic mass is 9.82. The summed E-state index contributed by atoms with van der Waals surface area (Å²) in [6.45, 7) is 8.94. The van der Waals surface area contributed by atoms with Crippen LogP contribution in [-0.2, 0) is 5.41 Å². The minimum atomic E-state index is -0.00579. The first-order valence-electron chi connectivity index (χ1n) is 10.6. The van der Waals surface area contributed by atoms with Gasteiger partial charge in [-0.05, 0) is 72.5 Å². The van der Waals surface area contributed by atoms with Crippen molar-refractivity contribution in [2.45, 2.75) is 40.5 Å². The van der Waals surface area contributed by atoms with Crippen molar-refractivity contribution in [1.82, 2.24) is 0 Å². The summed E-state index contributed by atoms with van der Waals surface area (Å²) in [5, 5.41) is 0. The van der Waals surface area contributed by atoms with Crippen LogP contribution in [0.3, 0.4) is 0 Å². The van der Waals surface area contributed by atoms with Crippen molar-refractivity contribution >= 4 is 17.1 Å². The van der Waals surface area contributed by atoms with Crippen LogP contribution in [0.5, 0.6) is 0 Å². The van der Waals surface area contributed by atoms with Crippen LogP contribution in [0, 0.1) is 13.8 Å². The molecular weight excluding hydrogens is 374 g/mol. The van der Waals surface area contributed by atoms with Crippen molar-refractivity contribution in [3.8, 4) is 11.1 Å². The fourth-order valence-electron chi connectivity index (χ4n) is 4.67. The fraction of sp³-hybridized carbons (Fsp3) is 0.200. The Balaban J connectivity index is 0.00000231. The van der Waals surface area contributed by atoms with Crippen molar-refractivity contribution in [2.24, 2.45) is 0 Å². The van der Waals surface area contributed by atoms with E-state index in [4.69, 9.17) is 0 Å². The molecule has 0 heterocycles. The Kier molecular flexibility index (Phi) is 5.23. The van der Waals surface area contributed by atoms with Gasteiger partial charge in [0.05, 0.1) is 0 Å². The number of fused-ring (bicyclic) bond motifs is 3. The van der Waals surface area contributed by atoms with E-state index in [0.29, 0.717) is 0 Å². The summed E-state index contributed by atoms with van der Waals surface area (Å²) in [5.74, 6) is 0. The molecule has 0 spiro atoms. The highest BCUT2D eigenvalue weighted by Crippen LogP contribution is 2.50. The molecule has 1 aliphatic rings. The molecule has 156 valence electrons. The fourth-order valence-corrected chi connectivity index (χ4v) is 4.67. The molecule has 0 saturated carbocycles. The Bertz CT molecular complexity index is 1170. The van der Waals surface area contributed by atoms with Crippen LogP contribution in [0.15, 0.2) is 91.0 Å². The van der Waals surface area contributed by atoms with Gasteiger partial charge in [-0.2, -0.15) is 0 Å². The van der Waals surface area contributed by atoms with Gasteiger partial charge in [-0.1, -0.05) is 87.0 Å². The maximum Gasteiger partial charge on any atom is 0.0465 e. The maximum atomic E-state index is 2.38. The summed E-state index contributed by atoms with van der Waals surface area (Å²) in [6.07, 6.45) is 0. The van der Waals surface area contributed by atoms with Gasteiger partial charge in [-0.15, -0.1) is 0 Å². The molecule has 0 bridgehead atoms. The van der Waals surface area contributed by atoms with Gasteiger partial charge in [0, 0.05) is 22.5 Å². The lowest BCUT2D eigenvalue weighted by Gasteiger charge is -2.28. The van der Waals surface area contributed by atoms with Crippen LogP contribution in [0.1, 0.15) is 43.5 Å². The molecule has 1 nitrogen and oxygen atoms in total. The Labute approximate surface area is 187 Å². The normalized spacial score (nSPS) is 13.2. The second-order valence-electron chi connectivity index (χ2n) is 8.91. The second-order valence-corrected chi connectivity index (χ2v) is 8.91. The summed E-state index contributed by atoms with van der Waals surface area (Å²) in [4.78, 5) is 2.36. The Morgan fingerprint density at radius 1 is 0.548 bits per heavy atom. The van der Waals surface area contributed by atoms with E-state index in [1.54, 1.807) is 0 Å². The van der Waals surface area contributed by atoms with Crippen molar-refractivity contribution in [3.05, 3.63) is 113 Å². The van der Waals surface area contributed by atoms with Gasteiger partial charge in [-0.25, -0.2) is 0 Å². The molecule has 0 N–H and O–H groups in total. The highest BCUT2D eigenvalue weighted by atomic mass is 15.1. The number of benzene rings is 4. The molecule has 31 heavy (non-hydrogen) atoms. The van der Waals surface area contributed by atoms with Crippen molar-refractivity contribution in [3.63, 3.8) is 0 Å². The molecule has 0 radical (unpaired) electrons. The first-order chi connectivity index (χ1) is 14.4. The van der Waals surface area contributed by atoms with Crippen molar-refractivity contribution in [2.75, 3.05) is 4.90 Å². The van der Waals surface area contributed by atoms with E-state index in [-0.39, 0.29) is 12.8 Å². The third-order valence-electron chi connectivity index (χ3n) is 6.41. The highest BCUT2D eigenvalue weighted by molar-refractivity contribution is 5.85. The zero-order valence-electron chi connectivity index (χ0n) is 18.1. The number of hydrogen-bond donors (Lipinski definition) is 0. The average Bonchev–Trinajstić information content (AvgIpc) is 2.98. The Morgan fingerprint density at radius 2 is 1.03 bits per heavy atom. The quantitative estimate of drug-likeness (QED) is 0.329. The molecule has 5 rings (SSSR count).